The normalized spacial score (nSPS) is 13.6. The summed E-state index contributed by atoms with van der Waals surface area (Å²) in [6.45, 7) is 12.7. The summed E-state index contributed by atoms with van der Waals surface area (Å²) < 4.78 is 0. The quantitative estimate of drug-likeness (QED) is 0.743. The highest BCUT2D eigenvalue weighted by Crippen LogP contribution is 2.27. The Kier molecular flexibility index (Phi) is 5.27. The summed E-state index contributed by atoms with van der Waals surface area (Å²) in [7, 11) is 0. The number of ketones is 2. The predicted molar refractivity (Wildman–Crippen MR) is 71.5 cm³/mol. The van der Waals surface area contributed by atoms with Gasteiger partial charge < -0.3 is 5.21 Å². The van der Waals surface area contributed by atoms with Crippen LogP contribution in [0, 0.1) is 10.8 Å². The molecule has 0 rings (SSSR count). The van der Waals surface area contributed by atoms with Crippen molar-refractivity contribution in [3.63, 3.8) is 0 Å². The van der Waals surface area contributed by atoms with Crippen LogP contribution in [0.25, 0.3) is 0 Å². The van der Waals surface area contributed by atoms with E-state index in [-0.39, 0.29) is 24.4 Å². The monoisotopic (exact) mass is 257 g/mol. The molecule has 2 N–H and O–H groups in total. The van der Waals surface area contributed by atoms with Gasteiger partial charge in [-0.25, -0.2) is 0 Å². The molecule has 0 aromatic carbocycles. The molecule has 0 atom stereocenters. The van der Waals surface area contributed by atoms with Crippen molar-refractivity contribution < 1.29 is 14.8 Å². The average Bonchev–Trinajstić information content (AvgIpc) is 2.14. The number of hydroxylamine groups is 1. The van der Waals surface area contributed by atoms with Crippen molar-refractivity contribution in [2.45, 2.75) is 66.8 Å². The van der Waals surface area contributed by atoms with Crippen LogP contribution in [-0.4, -0.2) is 22.3 Å². The zero-order chi connectivity index (χ0) is 14.8. The topological polar surface area (TPSA) is 66.4 Å². The molecule has 0 aliphatic rings. The molecule has 0 aromatic heterocycles. The molecular weight excluding hydrogens is 230 g/mol. The minimum absolute atomic E-state index is 0.0215. The Morgan fingerprint density at radius 3 is 1.28 bits per heavy atom. The smallest absolute Gasteiger partial charge is 0.140 e. The van der Waals surface area contributed by atoms with Crippen LogP contribution in [0.5, 0.6) is 0 Å². The Hall–Kier alpha value is -0.740. The van der Waals surface area contributed by atoms with E-state index in [0.717, 1.165) is 0 Å². The Morgan fingerprint density at radius 2 is 1.11 bits per heavy atom. The highest BCUT2D eigenvalue weighted by atomic mass is 16.5. The van der Waals surface area contributed by atoms with Crippen molar-refractivity contribution in [3.05, 3.63) is 0 Å². The van der Waals surface area contributed by atoms with Gasteiger partial charge in [0, 0.05) is 23.7 Å². The van der Waals surface area contributed by atoms with Crippen LogP contribution in [0.4, 0.5) is 0 Å². The van der Waals surface area contributed by atoms with Gasteiger partial charge in [0.2, 0.25) is 0 Å². The summed E-state index contributed by atoms with van der Waals surface area (Å²) in [4.78, 5) is 24.0. The van der Waals surface area contributed by atoms with Gasteiger partial charge >= 0.3 is 0 Å². The van der Waals surface area contributed by atoms with E-state index < -0.39 is 16.4 Å². The molecule has 18 heavy (non-hydrogen) atoms. The first-order chi connectivity index (χ1) is 7.82. The van der Waals surface area contributed by atoms with Crippen LogP contribution in [0.1, 0.15) is 61.3 Å². The molecule has 0 aromatic rings. The maximum atomic E-state index is 12.0. The lowest BCUT2D eigenvalue weighted by molar-refractivity contribution is -0.132. The SMILES string of the molecule is CC(CC(=O)C(C)(C)C)(CC(=O)C(C)(C)C)NO. The van der Waals surface area contributed by atoms with Gasteiger partial charge in [0.15, 0.2) is 0 Å². The third-order valence-corrected chi connectivity index (χ3v) is 3.04. The Morgan fingerprint density at radius 1 is 0.833 bits per heavy atom. The van der Waals surface area contributed by atoms with Crippen molar-refractivity contribution in [1.29, 1.82) is 0 Å². The number of carbonyl (C=O) groups is 2. The van der Waals surface area contributed by atoms with E-state index in [9.17, 15) is 14.8 Å². The van der Waals surface area contributed by atoms with Gasteiger partial charge in [-0.3, -0.25) is 9.59 Å². The maximum absolute atomic E-state index is 12.0. The average molecular weight is 257 g/mol. The van der Waals surface area contributed by atoms with Crippen LogP contribution < -0.4 is 5.48 Å². The summed E-state index contributed by atoms with van der Waals surface area (Å²) in [5.74, 6) is 0.0431. The summed E-state index contributed by atoms with van der Waals surface area (Å²) in [6, 6.07) is 0. The fourth-order valence-corrected chi connectivity index (χ4v) is 1.38. The fraction of sp³-hybridized carbons (Fsp3) is 0.857. The molecule has 0 aliphatic heterocycles. The van der Waals surface area contributed by atoms with E-state index in [0.29, 0.717) is 0 Å². The van der Waals surface area contributed by atoms with E-state index in [1.807, 2.05) is 41.5 Å². The summed E-state index contributed by atoms with van der Waals surface area (Å²) in [5, 5.41) is 9.26. The van der Waals surface area contributed by atoms with Crippen molar-refractivity contribution >= 4 is 11.6 Å². The second-order valence-corrected chi connectivity index (χ2v) is 7.37. The first-order valence-corrected chi connectivity index (χ1v) is 6.30. The van der Waals surface area contributed by atoms with Gasteiger partial charge in [0.05, 0.1) is 5.54 Å². The maximum Gasteiger partial charge on any atom is 0.140 e. The molecule has 0 unspecified atom stereocenters. The number of Topliss-reactive ketones (excluding diaryl/α,β-unsaturated/α-hetero) is 2. The lowest BCUT2D eigenvalue weighted by Crippen LogP contribution is -2.47. The summed E-state index contributed by atoms with van der Waals surface area (Å²) >= 11 is 0. The molecule has 4 nitrogen and oxygen atoms in total. The Labute approximate surface area is 110 Å². The van der Waals surface area contributed by atoms with Crippen LogP contribution in [-0.2, 0) is 9.59 Å². The van der Waals surface area contributed by atoms with Gasteiger partial charge in [0.1, 0.15) is 11.6 Å². The highest BCUT2D eigenvalue weighted by Gasteiger charge is 2.36. The first-order valence-electron chi connectivity index (χ1n) is 6.30. The van der Waals surface area contributed by atoms with Crippen LogP contribution in [0.15, 0.2) is 0 Å². The molecule has 0 aliphatic carbocycles. The summed E-state index contributed by atoms with van der Waals surface area (Å²) in [6.07, 6.45) is 0.268. The third-order valence-electron chi connectivity index (χ3n) is 3.04. The standard InChI is InChI=1S/C14H27NO3/c1-12(2,3)10(16)8-14(7,15-18)9-11(17)13(4,5)6/h15,18H,8-9H2,1-7H3. The molecule has 0 saturated carbocycles. The van der Waals surface area contributed by atoms with E-state index in [4.69, 9.17) is 0 Å². The van der Waals surface area contributed by atoms with Crippen molar-refractivity contribution in [2.24, 2.45) is 10.8 Å². The second-order valence-electron chi connectivity index (χ2n) is 7.37. The van der Waals surface area contributed by atoms with E-state index in [1.165, 1.54) is 0 Å². The number of hydrogen-bond acceptors (Lipinski definition) is 4. The molecule has 0 radical (unpaired) electrons. The first kappa shape index (κ1) is 17.3. The van der Waals surface area contributed by atoms with Crippen molar-refractivity contribution in [1.82, 2.24) is 5.48 Å². The predicted octanol–water partition coefficient (Wildman–Crippen LogP) is 2.73. The lowest BCUT2D eigenvalue weighted by atomic mass is 9.77. The second kappa shape index (κ2) is 5.49. The van der Waals surface area contributed by atoms with Gasteiger partial charge in [-0.2, -0.15) is 5.48 Å². The minimum Gasteiger partial charge on any atom is -0.316 e. The molecule has 0 fully saturated rings. The molecular formula is C14H27NO3. The van der Waals surface area contributed by atoms with Gasteiger partial charge in [-0.05, 0) is 6.92 Å². The Balaban J connectivity index is 4.84. The van der Waals surface area contributed by atoms with E-state index in [2.05, 4.69) is 5.48 Å². The fourth-order valence-electron chi connectivity index (χ4n) is 1.38. The zero-order valence-electron chi connectivity index (χ0n) is 12.7. The molecule has 106 valence electrons. The minimum atomic E-state index is -0.894. The number of rotatable bonds is 5. The van der Waals surface area contributed by atoms with Crippen LogP contribution in [0.2, 0.25) is 0 Å². The molecule has 0 amide bonds. The zero-order valence-corrected chi connectivity index (χ0v) is 12.7. The summed E-state index contributed by atoms with van der Waals surface area (Å²) in [5.41, 5.74) is 0.310. The third kappa shape index (κ3) is 5.27. The Bertz CT molecular complexity index is 293. The van der Waals surface area contributed by atoms with E-state index >= 15 is 0 Å². The van der Waals surface area contributed by atoms with Gasteiger partial charge in [0.25, 0.3) is 0 Å². The van der Waals surface area contributed by atoms with Crippen molar-refractivity contribution in [2.75, 3.05) is 0 Å². The molecule has 0 saturated heterocycles. The number of carbonyl (C=O) groups excluding carboxylic acids is 2. The largest absolute Gasteiger partial charge is 0.316 e. The molecule has 0 heterocycles. The molecule has 0 spiro atoms. The number of nitrogens with one attached hydrogen (secondary N) is 1. The van der Waals surface area contributed by atoms with Crippen LogP contribution >= 0.6 is 0 Å². The highest BCUT2D eigenvalue weighted by molar-refractivity contribution is 5.88. The van der Waals surface area contributed by atoms with E-state index in [1.54, 1.807) is 6.92 Å². The lowest BCUT2D eigenvalue weighted by Gasteiger charge is -2.32. The molecule has 4 heteroatoms. The molecule has 0 bridgehead atoms. The van der Waals surface area contributed by atoms with Crippen molar-refractivity contribution in [3.8, 4) is 0 Å². The van der Waals surface area contributed by atoms with Crippen LogP contribution in [0.3, 0.4) is 0 Å². The van der Waals surface area contributed by atoms with Gasteiger partial charge in [-0.1, -0.05) is 41.5 Å². The van der Waals surface area contributed by atoms with Gasteiger partial charge in [-0.15, -0.1) is 0 Å². The number of hydrogen-bond donors (Lipinski definition) is 2.